The van der Waals surface area contributed by atoms with Crippen molar-refractivity contribution < 1.29 is 13.9 Å². The number of hydrogen-bond donors (Lipinski definition) is 2. The molecule has 3 aromatic rings. The number of aromatic nitrogens is 3. The second-order valence-corrected chi connectivity index (χ2v) is 7.49. The molecule has 0 bridgehead atoms. The minimum absolute atomic E-state index is 0. The van der Waals surface area contributed by atoms with Gasteiger partial charge in [0.1, 0.15) is 18.1 Å². The van der Waals surface area contributed by atoms with E-state index in [4.69, 9.17) is 18.9 Å². The van der Waals surface area contributed by atoms with Crippen molar-refractivity contribution in [3.05, 3.63) is 41.7 Å². The summed E-state index contributed by atoms with van der Waals surface area (Å²) in [7, 11) is 1.94. The normalized spacial score (nSPS) is 12.5. The van der Waals surface area contributed by atoms with Crippen molar-refractivity contribution in [3.63, 3.8) is 0 Å². The number of nitrogens with zero attached hydrogens (tertiary/aromatic N) is 4. The fourth-order valence-electron chi connectivity index (χ4n) is 3.23. The Labute approximate surface area is 212 Å². The average Bonchev–Trinajstić information content (AvgIpc) is 3.36. The Kier molecular flexibility index (Phi) is 10.9. The van der Waals surface area contributed by atoms with Crippen LogP contribution < -0.4 is 15.4 Å². The maximum Gasteiger partial charge on any atom is 0.192 e. The van der Waals surface area contributed by atoms with Crippen LogP contribution in [0.1, 0.15) is 50.6 Å². The fraction of sp³-hybridized carbons (Fsp3) is 0.522. The van der Waals surface area contributed by atoms with Crippen LogP contribution in [0.15, 0.2) is 33.7 Å². The molecule has 3 rings (SSSR count). The van der Waals surface area contributed by atoms with Gasteiger partial charge in [-0.2, -0.15) is 0 Å². The smallest absolute Gasteiger partial charge is 0.192 e. The van der Waals surface area contributed by atoms with Crippen LogP contribution in [0.4, 0.5) is 0 Å². The number of guanidine groups is 1. The number of aliphatic imine (C=N–C) groups is 1. The minimum Gasteiger partial charge on any atom is -0.490 e. The molecule has 0 amide bonds. The van der Waals surface area contributed by atoms with E-state index in [1.54, 1.807) is 0 Å². The van der Waals surface area contributed by atoms with Crippen LogP contribution in [0.2, 0.25) is 0 Å². The third-order valence-corrected chi connectivity index (χ3v) is 5.13. The molecule has 2 heterocycles. The van der Waals surface area contributed by atoms with E-state index in [0.29, 0.717) is 25.7 Å². The van der Waals surface area contributed by atoms with Gasteiger partial charge in [-0.05, 0) is 46.2 Å². The first-order chi connectivity index (χ1) is 15.5. The van der Waals surface area contributed by atoms with Crippen molar-refractivity contribution in [1.29, 1.82) is 0 Å². The molecule has 182 valence electrons. The molecule has 10 heteroatoms. The first-order valence-electron chi connectivity index (χ1n) is 11.2. The largest absolute Gasteiger partial charge is 0.490 e. The zero-order valence-corrected chi connectivity index (χ0v) is 22.4. The molecule has 1 aromatic carbocycles. The van der Waals surface area contributed by atoms with Gasteiger partial charge in [-0.1, -0.05) is 12.1 Å². The lowest BCUT2D eigenvalue weighted by molar-refractivity contribution is 0.145. The van der Waals surface area contributed by atoms with Gasteiger partial charge < -0.3 is 29.1 Å². The molecular weight excluding hydrogens is 535 g/mol. The van der Waals surface area contributed by atoms with Crippen LogP contribution in [-0.4, -0.2) is 47.1 Å². The zero-order chi connectivity index (χ0) is 22.9. The lowest BCUT2D eigenvalue weighted by Crippen LogP contribution is -2.39. The quantitative estimate of drug-likeness (QED) is 0.155. The van der Waals surface area contributed by atoms with Gasteiger partial charge in [0.15, 0.2) is 23.1 Å². The second-order valence-electron chi connectivity index (χ2n) is 7.49. The molecule has 2 aromatic heterocycles. The van der Waals surface area contributed by atoms with Crippen molar-refractivity contribution in [2.24, 2.45) is 12.0 Å². The van der Waals surface area contributed by atoms with E-state index in [-0.39, 0.29) is 30.0 Å². The van der Waals surface area contributed by atoms with Crippen molar-refractivity contribution in [2.45, 2.75) is 46.7 Å². The van der Waals surface area contributed by atoms with Gasteiger partial charge in [-0.25, -0.2) is 4.99 Å². The number of furan rings is 1. The molecule has 0 saturated heterocycles. The maximum atomic E-state index is 6.14. The molecule has 0 aliphatic rings. The summed E-state index contributed by atoms with van der Waals surface area (Å²) >= 11 is 0. The predicted octanol–water partition coefficient (Wildman–Crippen LogP) is 4.11. The molecule has 0 aliphatic heterocycles. The Morgan fingerprint density at radius 3 is 2.76 bits per heavy atom. The highest BCUT2D eigenvalue weighted by molar-refractivity contribution is 14.0. The van der Waals surface area contributed by atoms with Crippen molar-refractivity contribution in [2.75, 3.05) is 26.4 Å². The molecule has 0 radical (unpaired) electrons. The Balaban J connectivity index is 0.00000385. The molecule has 33 heavy (non-hydrogen) atoms. The number of hydrogen-bond acceptors (Lipinski definition) is 6. The lowest BCUT2D eigenvalue weighted by Gasteiger charge is -2.17. The first kappa shape index (κ1) is 26.9. The number of nitrogens with one attached hydrogen (secondary N) is 2. The summed E-state index contributed by atoms with van der Waals surface area (Å²) in [5.74, 6) is 3.90. The summed E-state index contributed by atoms with van der Waals surface area (Å²) in [6.07, 6.45) is 0.883. The SMILES string of the molecule is CCOCCCNC(=NCc1nnc(C)n1C)NC(C)c1cc2cccc(OCC)c2o1.I. The molecule has 1 unspecified atom stereocenters. The number of aryl methyl sites for hydroxylation is 1. The van der Waals surface area contributed by atoms with Crippen LogP contribution in [0.5, 0.6) is 5.75 Å². The summed E-state index contributed by atoms with van der Waals surface area (Å²) in [4.78, 5) is 4.72. The number of rotatable bonds is 11. The highest BCUT2D eigenvalue weighted by atomic mass is 127. The average molecular weight is 570 g/mol. The van der Waals surface area contributed by atoms with Gasteiger partial charge in [0.2, 0.25) is 0 Å². The van der Waals surface area contributed by atoms with Crippen LogP contribution in [0.25, 0.3) is 11.0 Å². The van der Waals surface area contributed by atoms with Crippen LogP contribution >= 0.6 is 24.0 Å². The van der Waals surface area contributed by atoms with E-state index < -0.39 is 0 Å². The summed E-state index contributed by atoms with van der Waals surface area (Å²) in [6, 6.07) is 7.85. The summed E-state index contributed by atoms with van der Waals surface area (Å²) in [6.45, 7) is 11.1. The van der Waals surface area contributed by atoms with E-state index >= 15 is 0 Å². The Morgan fingerprint density at radius 2 is 2.06 bits per heavy atom. The van der Waals surface area contributed by atoms with Gasteiger partial charge in [0, 0.05) is 32.2 Å². The van der Waals surface area contributed by atoms with Gasteiger partial charge in [0.05, 0.1) is 12.6 Å². The highest BCUT2D eigenvalue weighted by Crippen LogP contribution is 2.31. The van der Waals surface area contributed by atoms with Crippen LogP contribution in [0, 0.1) is 6.92 Å². The first-order valence-corrected chi connectivity index (χ1v) is 11.2. The molecule has 0 aliphatic carbocycles. The Bertz CT molecular complexity index is 1030. The predicted molar refractivity (Wildman–Crippen MR) is 140 cm³/mol. The minimum atomic E-state index is -0.101. The van der Waals surface area contributed by atoms with E-state index in [1.165, 1.54) is 0 Å². The number of ether oxygens (including phenoxy) is 2. The number of halogens is 1. The second kappa shape index (κ2) is 13.4. The Hall–Kier alpha value is -2.34. The number of benzene rings is 1. The number of para-hydroxylation sites is 1. The Morgan fingerprint density at radius 1 is 1.24 bits per heavy atom. The van der Waals surface area contributed by atoms with Crippen LogP contribution in [0.3, 0.4) is 0 Å². The molecule has 9 nitrogen and oxygen atoms in total. The lowest BCUT2D eigenvalue weighted by atomic mass is 10.2. The molecular formula is C23H35IN6O3. The summed E-state index contributed by atoms with van der Waals surface area (Å²) in [5, 5.41) is 16.1. The topological polar surface area (TPSA) is 98.7 Å². The third-order valence-electron chi connectivity index (χ3n) is 5.13. The third kappa shape index (κ3) is 7.32. The van der Waals surface area contributed by atoms with E-state index in [0.717, 1.165) is 53.7 Å². The molecule has 1 atom stereocenters. The summed E-state index contributed by atoms with van der Waals surface area (Å²) in [5.41, 5.74) is 0.760. The van der Waals surface area contributed by atoms with Crippen LogP contribution in [-0.2, 0) is 18.3 Å². The van der Waals surface area contributed by atoms with Gasteiger partial charge in [-0.3, -0.25) is 0 Å². The molecule has 0 fully saturated rings. The standard InChI is InChI=1S/C23H34N6O3.HI/c1-6-30-13-9-12-24-23(25-15-21-28-27-17(4)29(21)5)26-16(3)20-14-18-10-8-11-19(31-7-2)22(18)32-20;/h8,10-11,14,16H,6-7,9,12-13,15H2,1-5H3,(H2,24,25,26);1H. The maximum absolute atomic E-state index is 6.14. The molecule has 2 N–H and O–H groups in total. The zero-order valence-electron chi connectivity index (χ0n) is 20.1. The van der Waals surface area contributed by atoms with Gasteiger partial charge in [0.25, 0.3) is 0 Å². The number of fused-ring (bicyclic) bond motifs is 1. The monoisotopic (exact) mass is 570 g/mol. The molecule has 0 saturated carbocycles. The summed E-state index contributed by atoms with van der Waals surface area (Å²) < 4.78 is 19.2. The van der Waals surface area contributed by atoms with E-state index in [2.05, 4.69) is 20.8 Å². The van der Waals surface area contributed by atoms with Gasteiger partial charge >= 0.3 is 0 Å². The highest BCUT2D eigenvalue weighted by Gasteiger charge is 2.16. The van der Waals surface area contributed by atoms with Gasteiger partial charge in [-0.15, -0.1) is 34.2 Å². The van der Waals surface area contributed by atoms with Crippen molar-refractivity contribution in [3.8, 4) is 5.75 Å². The van der Waals surface area contributed by atoms with Crippen molar-refractivity contribution >= 4 is 40.9 Å². The van der Waals surface area contributed by atoms with E-state index in [9.17, 15) is 0 Å². The van der Waals surface area contributed by atoms with Crippen molar-refractivity contribution in [1.82, 2.24) is 25.4 Å². The molecule has 0 spiro atoms. The fourth-order valence-corrected chi connectivity index (χ4v) is 3.23. The van der Waals surface area contributed by atoms with E-state index in [1.807, 2.05) is 63.6 Å².